The van der Waals surface area contributed by atoms with Crippen molar-refractivity contribution in [3.63, 3.8) is 0 Å². The Morgan fingerprint density at radius 2 is 2.41 bits per heavy atom. The van der Waals surface area contributed by atoms with E-state index in [1.54, 1.807) is 13.1 Å². The van der Waals surface area contributed by atoms with Crippen molar-refractivity contribution in [2.45, 2.75) is 13.8 Å². The first kappa shape index (κ1) is 11.6. The number of nitrogens with zero attached hydrogens (tertiary/aromatic N) is 2. The molecule has 0 aliphatic rings. The van der Waals surface area contributed by atoms with Gasteiger partial charge in [0.05, 0.1) is 17.8 Å². The third-order valence-corrected chi connectivity index (χ3v) is 2.81. The Morgan fingerprint density at radius 1 is 1.65 bits per heavy atom. The van der Waals surface area contributed by atoms with Gasteiger partial charge in [-0.15, -0.1) is 11.3 Å². The van der Waals surface area contributed by atoms with Crippen LogP contribution < -0.4 is 4.74 Å². The van der Waals surface area contributed by atoms with Crippen LogP contribution in [0, 0.1) is 6.92 Å². The number of ether oxygens (including phenoxy) is 1. The number of carboxylic acid groups (broad SMARTS) is 1. The highest BCUT2D eigenvalue weighted by Crippen LogP contribution is 2.30. The average Bonchev–Trinajstić information content (AvgIpc) is 2.85. The summed E-state index contributed by atoms with van der Waals surface area (Å²) in [7, 11) is 0. The number of oxazole rings is 1. The zero-order valence-corrected chi connectivity index (χ0v) is 10.1. The second-order valence-electron chi connectivity index (χ2n) is 3.14. The molecule has 0 fully saturated rings. The van der Waals surface area contributed by atoms with E-state index in [-0.39, 0.29) is 17.5 Å². The molecule has 2 rings (SSSR count). The predicted octanol–water partition coefficient (Wildman–Crippen LogP) is 2.20. The summed E-state index contributed by atoms with van der Waals surface area (Å²) in [6.07, 6.45) is 1.59. The van der Waals surface area contributed by atoms with E-state index in [1.807, 2.05) is 6.92 Å². The Bertz CT molecular complexity index is 546. The van der Waals surface area contributed by atoms with Gasteiger partial charge in [0.25, 0.3) is 0 Å². The second kappa shape index (κ2) is 4.54. The number of aryl methyl sites for hydroxylation is 1. The van der Waals surface area contributed by atoms with E-state index < -0.39 is 5.97 Å². The van der Waals surface area contributed by atoms with Gasteiger partial charge in [0, 0.05) is 0 Å². The first-order valence-electron chi connectivity index (χ1n) is 4.91. The highest BCUT2D eigenvalue weighted by Gasteiger charge is 2.22. The molecule has 0 bridgehead atoms. The molecule has 1 N–H and O–H groups in total. The van der Waals surface area contributed by atoms with Crippen molar-refractivity contribution in [1.29, 1.82) is 0 Å². The van der Waals surface area contributed by atoms with E-state index in [0.29, 0.717) is 11.5 Å². The van der Waals surface area contributed by atoms with Crippen molar-refractivity contribution in [2.24, 2.45) is 0 Å². The second-order valence-corrected chi connectivity index (χ2v) is 4.37. The Balaban J connectivity index is 2.43. The van der Waals surface area contributed by atoms with Crippen LogP contribution in [0.25, 0.3) is 10.8 Å². The number of carbonyl (C=O) groups is 1. The molecule has 2 heterocycles. The van der Waals surface area contributed by atoms with Crippen LogP contribution in [0.4, 0.5) is 0 Å². The first-order chi connectivity index (χ1) is 8.11. The van der Waals surface area contributed by atoms with E-state index >= 15 is 0 Å². The molecule has 0 amide bonds. The topological polar surface area (TPSA) is 85.5 Å². The highest BCUT2D eigenvalue weighted by atomic mass is 32.1. The fourth-order valence-corrected chi connectivity index (χ4v) is 1.94. The van der Waals surface area contributed by atoms with Crippen LogP contribution in [0.5, 0.6) is 5.95 Å². The lowest BCUT2D eigenvalue weighted by Crippen LogP contribution is -2.01. The van der Waals surface area contributed by atoms with Crippen LogP contribution in [0.2, 0.25) is 0 Å². The molecule has 2 aromatic heterocycles. The minimum atomic E-state index is -1.18. The van der Waals surface area contributed by atoms with Crippen molar-refractivity contribution < 1.29 is 19.1 Å². The largest absolute Gasteiger partial charge is 0.476 e. The van der Waals surface area contributed by atoms with E-state index in [1.165, 1.54) is 11.3 Å². The van der Waals surface area contributed by atoms with Gasteiger partial charge in [-0.2, -0.15) is 4.98 Å². The van der Waals surface area contributed by atoms with Crippen LogP contribution in [-0.4, -0.2) is 27.7 Å². The number of hydrogen-bond donors (Lipinski definition) is 1. The molecule has 0 atom stereocenters. The molecule has 0 saturated heterocycles. The molecule has 0 unspecified atom stereocenters. The molecule has 6 nitrogen and oxygen atoms in total. The van der Waals surface area contributed by atoms with Crippen LogP contribution in [0.1, 0.15) is 22.4 Å². The van der Waals surface area contributed by atoms with Gasteiger partial charge in [-0.1, -0.05) is 0 Å². The lowest BCUT2D eigenvalue weighted by molar-refractivity contribution is 0.0683. The zero-order chi connectivity index (χ0) is 12.4. The number of hydrogen-bond acceptors (Lipinski definition) is 6. The third kappa shape index (κ3) is 2.28. The van der Waals surface area contributed by atoms with E-state index in [0.717, 1.165) is 5.01 Å². The summed E-state index contributed by atoms with van der Waals surface area (Å²) >= 11 is 1.38. The summed E-state index contributed by atoms with van der Waals surface area (Å²) in [5.41, 5.74) is -0.215. The molecule has 0 spiro atoms. The molecule has 0 aliphatic heterocycles. The molecule has 0 aliphatic carbocycles. The third-order valence-electron chi connectivity index (χ3n) is 1.91. The lowest BCUT2D eigenvalue weighted by atomic mass is 10.5. The first-order valence-corrected chi connectivity index (χ1v) is 5.73. The van der Waals surface area contributed by atoms with Gasteiger partial charge < -0.3 is 14.3 Å². The summed E-state index contributed by atoms with van der Waals surface area (Å²) in [6.45, 7) is 3.90. The number of thiazole rings is 1. The average molecular weight is 254 g/mol. The fraction of sp³-hybridized carbons (Fsp3) is 0.300. The maximum Gasteiger partial charge on any atom is 0.362 e. The fourth-order valence-electron chi connectivity index (χ4n) is 1.24. The van der Waals surface area contributed by atoms with E-state index in [4.69, 9.17) is 14.3 Å². The Kier molecular flexibility index (Phi) is 3.10. The molecule has 0 saturated carbocycles. The molecule has 0 radical (unpaired) electrons. The Morgan fingerprint density at radius 3 is 2.94 bits per heavy atom. The normalized spacial score (nSPS) is 10.5. The maximum absolute atomic E-state index is 10.9. The molecular weight excluding hydrogens is 244 g/mol. The lowest BCUT2D eigenvalue weighted by Gasteiger charge is -1.96. The molecule has 2 aromatic rings. The van der Waals surface area contributed by atoms with Gasteiger partial charge in [-0.05, 0) is 13.8 Å². The molecule has 0 aromatic carbocycles. The minimum Gasteiger partial charge on any atom is -0.476 e. The maximum atomic E-state index is 10.9. The van der Waals surface area contributed by atoms with Crippen LogP contribution in [0.3, 0.4) is 0 Å². The Labute approximate surface area is 101 Å². The van der Waals surface area contributed by atoms with Gasteiger partial charge in [-0.3, -0.25) is 0 Å². The minimum absolute atomic E-state index is 0.0685. The molecule has 90 valence electrons. The van der Waals surface area contributed by atoms with Gasteiger partial charge in [0.1, 0.15) is 4.88 Å². The van der Waals surface area contributed by atoms with Crippen LogP contribution in [0.15, 0.2) is 10.6 Å². The van der Waals surface area contributed by atoms with Gasteiger partial charge in [0.2, 0.25) is 11.6 Å². The highest BCUT2D eigenvalue weighted by molar-refractivity contribution is 7.14. The van der Waals surface area contributed by atoms with Gasteiger partial charge in [-0.25, -0.2) is 9.78 Å². The van der Waals surface area contributed by atoms with Crippen LogP contribution >= 0.6 is 11.3 Å². The molecular formula is C10H10N2O4S. The van der Waals surface area contributed by atoms with E-state index in [9.17, 15) is 4.79 Å². The summed E-state index contributed by atoms with van der Waals surface area (Å²) in [5, 5.41) is 9.80. The monoisotopic (exact) mass is 254 g/mol. The number of rotatable bonds is 4. The molecule has 17 heavy (non-hydrogen) atoms. The number of carboxylic acids is 1. The smallest absolute Gasteiger partial charge is 0.362 e. The summed E-state index contributed by atoms with van der Waals surface area (Å²) in [6, 6.07) is 0. The number of aromatic nitrogens is 2. The van der Waals surface area contributed by atoms with Gasteiger partial charge >= 0.3 is 11.9 Å². The standard InChI is InChI=1S/C10H10N2O4S/c1-3-15-10-7(9(13)14)12-8(16-10)6-4-11-5(2)17-6/h4H,3H2,1-2H3,(H,13,14). The summed E-state index contributed by atoms with van der Waals surface area (Å²) in [4.78, 5) is 19.6. The van der Waals surface area contributed by atoms with Crippen LogP contribution in [-0.2, 0) is 0 Å². The quantitative estimate of drug-likeness (QED) is 0.900. The molecule has 7 heteroatoms. The van der Waals surface area contributed by atoms with Gasteiger partial charge in [0.15, 0.2) is 0 Å². The van der Waals surface area contributed by atoms with Crippen molar-refractivity contribution in [3.05, 3.63) is 16.9 Å². The Hall–Kier alpha value is -1.89. The van der Waals surface area contributed by atoms with Crippen molar-refractivity contribution in [1.82, 2.24) is 9.97 Å². The van der Waals surface area contributed by atoms with Crippen molar-refractivity contribution in [3.8, 4) is 16.7 Å². The van der Waals surface area contributed by atoms with Crippen molar-refractivity contribution in [2.75, 3.05) is 6.61 Å². The summed E-state index contributed by atoms with van der Waals surface area (Å²) < 4.78 is 10.4. The SMILES string of the molecule is CCOc1oc(-c2cnc(C)s2)nc1C(=O)O. The summed E-state index contributed by atoms with van der Waals surface area (Å²) in [5.74, 6) is -1.03. The van der Waals surface area contributed by atoms with Crippen molar-refractivity contribution >= 4 is 17.3 Å². The predicted molar refractivity (Wildman–Crippen MR) is 60.5 cm³/mol. The number of aromatic carboxylic acids is 1. The zero-order valence-electron chi connectivity index (χ0n) is 9.26. The van der Waals surface area contributed by atoms with E-state index in [2.05, 4.69) is 9.97 Å².